The number of benzene rings is 1. The molecule has 0 aromatic heterocycles. The molecule has 0 atom stereocenters. The Morgan fingerprint density at radius 1 is 1.17 bits per heavy atom. The smallest absolute Gasteiger partial charge is 0.181 e. The van der Waals surface area contributed by atoms with Gasteiger partial charge in [-0.1, -0.05) is 50.3 Å². The Bertz CT molecular complexity index is 466. The summed E-state index contributed by atoms with van der Waals surface area (Å²) < 4.78 is 24.3. The van der Waals surface area contributed by atoms with Crippen LogP contribution >= 0.6 is 11.6 Å². The number of rotatable bonds is 7. The number of unbranched alkanes of at least 4 members (excludes halogenated alkanes) is 4. The second kappa shape index (κ2) is 7.00. The summed E-state index contributed by atoms with van der Waals surface area (Å²) in [6.45, 7) is 2.13. The minimum absolute atomic E-state index is 0.0853. The van der Waals surface area contributed by atoms with E-state index in [0.717, 1.165) is 25.7 Å². The van der Waals surface area contributed by atoms with Gasteiger partial charge in [0, 0.05) is 0 Å². The van der Waals surface area contributed by atoms with E-state index >= 15 is 0 Å². The Morgan fingerprint density at radius 2 is 1.83 bits per heavy atom. The zero-order valence-electron chi connectivity index (χ0n) is 10.7. The maximum absolute atomic E-state index is 12.1. The number of anilines is 1. The predicted octanol–water partition coefficient (Wildman–Crippen LogP) is 3.67. The van der Waals surface area contributed by atoms with Gasteiger partial charge in [-0.25, -0.2) is 8.42 Å². The summed E-state index contributed by atoms with van der Waals surface area (Å²) >= 11 is 5.92. The average molecular weight is 290 g/mol. The van der Waals surface area contributed by atoms with Crippen LogP contribution in [0.25, 0.3) is 0 Å². The largest absolute Gasteiger partial charge is 0.398 e. The van der Waals surface area contributed by atoms with Crippen molar-refractivity contribution in [3.05, 3.63) is 23.2 Å². The van der Waals surface area contributed by atoms with E-state index in [0.29, 0.717) is 6.42 Å². The van der Waals surface area contributed by atoms with Crippen molar-refractivity contribution in [1.82, 2.24) is 0 Å². The molecule has 18 heavy (non-hydrogen) atoms. The van der Waals surface area contributed by atoms with E-state index in [-0.39, 0.29) is 21.4 Å². The van der Waals surface area contributed by atoms with Crippen molar-refractivity contribution in [2.75, 3.05) is 11.5 Å². The lowest BCUT2D eigenvalue weighted by Crippen LogP contribution is -2.10. The summed E-state index contributed by atoms with van der Waals surface area (Å²) in [7, 11) is -3.37. The number of sulfone groups is 1. The van der Waals surface area contributed by atoms with Crippen LogP contribution in [0, 0.1) is 0 Å². The van der Waals surface area contributed by atoms with Crippen LogP contribution in [-0.4, -0.2) is 14.2 Å². The maximum Gasteiger partial charge on any atom is 0.181 e. The van der Waals surface area contributed by atoms with Crippen molar-refractivity contribution in [3.8, 4) is 0 Å². The quantitative estimate of drug-likeness (QED) is 0.615. The van der Waals surface area contributed by atoms with Gasteiger partial charge < -0.3 is 5.73 Å². The molecule has 0 aliphatic heterocycles. The van der Waals surface area contributed by atoms with Gasteiger partial charge in [-0.2, -0.15) is 0 Å². The minimum atomic E-state index is -3.37. The molecule has 0 aliphatic carbocycles. The fourth-order valence-electron chi connectivity index (χ4n) is 1.85. The Morgan fingerprint density at radius 3 is 2.44 bits per heavy atom. The van der Waals surface area contributed by atoms with E-state index in [4.69, 9.17) is 17.3 Å². The minimum Gasteiger partial charge on any atom is -0.398 e. The molecule has 0 spiro atoms. The highest BCUT2D eigenvalue weighted by Gasteiger charge is 2.20. The molecule has 0 fully saturated rings. The van der Waals surface area contributed by atoms with Crippen molar-refractivity contribution in [3.63, 3.8) is 0 Å². The van der Waals surface area contributed by atoms with Gasteiger partial charge >= 0.3 is 0 Å². The standard InChI is InChI=1S/C13H20ClNO2S/c1-2-3-4-5-6-10-18(16,17)13-11(14)8-7-9-12(13)15/h7-9H,2-6,10,15H2,1H3. The van der Waals surface area contributed by atoms with Crippen molar-refractivity contribution in [2.24, 2.45) is 0 Å². The SMILES string of the molecule is CCCCCCCS(=O)(=O)c1c(N)cccc1Cl. The number of nitrogens with two attached hydrogens (primary N) is 1. The lowest BCUT2D eigenvalue weighted by atomic mass is 10.2. The molecule has 0 radical (unpaired) electrons. The van der Waals surface area contributed by atoms with Crippen LogP contribution in [0.1, 0.15) is 39.0 Å². The molecule has 0 aliphatic rings. The van der Waals surface area contributed by atoms with E-state index < -0.39 is 9.84 Å². The van der Waals surface area contributed by atoms with Gasteiger partial charge in [0.05, 0.1) is 16.5 Å². The third-order valence-electron chi connectivity index (χ3n) is 2.83. The topological polar surface area (TPSA) is 60.2 Å². The van der Waals surface area contributed by atoms with Crippen LogP contribution in [0.4, 0.5) is 5.69 Å². The number of hydrogen-bond acceptors (Lipinski definition) is 3. The summed E-state index contributed by atoms with van der Waals surface area (Å²) in [5, 5.41) is 0.212. The van der Waals surface area contributed by atoms with Gasteiger partial charge in [0.1, 0.15) is 4.90 Å². The molecule has 1 rings (SSSR count). The fourth-order valence-corrected chi connectivity index (χ4v) is 3.97. The van der Waals surface area contributed by atoms with Crippen LogP contribution in [0.2, 0.25) is 5.02 Å². The zero-order chi connectivity index (χ0) is 13.6. The van der Waals surface area contributed by atoms with Gasteiger partial charge in [0.25, 0.3) is 0 Å². The van der Waals surface area contributed by atoms with Crippen LogP contribution in [0.5, 0.6) is 0 Å². The average Bonchev–Trinajstić information content (AvgIpc) is 2.28. The molecule has 1 aromatic rings. The summed E-state index contributed by atoms with van der Waals surface area (Å²) in [4.78, 5) is 0.0853. The van der Waals surface area contributed by atoms with Crippen molar-refractivity contribution >= 4 is 27.1 Å². The molecule has 0 bridgehead atoms. The molecule has 5 heteroatoms. The third-order valence-corrected chi connectivity index (χ3v) is 5.16. The summed E-state index contributed by atoms with van der Waals surface area (Å²) in [5.74, 6) is 0.116. The Kier molecular flexibility index (Phi) is 5.96. The van der Waals surface area contributed by atoms with Crippen LogP contribution in [0.3, 0.4) is 0 Å². The molecule has 0 saturated carbocycles. The first-order valence-electron chi connectivity index (χ1n) is 6.25. The molecule has 0 heterocycles. The van der Waals surface area contributed by atoms with E-state index in [1.807, 2.05) is 0 Å². The van der Waals surface area contributed by atoms with E-state index in [1.165, 1.54) is 0 Å². The highest BCUT2D eigenvalue weighted by atomic mass is 35.5. The second-order valence-corrected chi connectivity index (χ2v) is 6.84. The molecule has 2 N–H and O–H groups in total. The lowest BCUT2D eigenvalue weighted by Gasteiger charge is -2.09. The van der Waals surface area contributed by atoms with Gasteiger partial charge in [-0.3, -0.25) is 0 Å². The monoisotopic (exact) mass is 289 g/mol. The normalized spacial score (nSPS) is 11.7. The van der Waals surface area contributed by atoms with Gasteiger partial charge in [0.2, 0.25) is 0 Å². The van der Waals surface area contributed by atoms with Crippen LogP contribution in [-0.2, 0) is 9.84 Å². The summed E-state index contributed by atoms with van der Waals surface area (Å²) in [6.07, 6.45) is 4.95. The first-order chi connectivity index (χ1) is 8.49. The highest BCUT2D eigenvalue weighted by Crippen LogP contribution is 2.28. The molecule has 0 amide bonds. The molecule has 0 unspecified atom stereocenters. The molecule has 0 saturated heterocycles. The van der Waals surface area contributed by atoms with Gasteiger partial charge in [-0.15, -0.1) is 0 Å². The van der Waals surface area contributed by atoms with Crippen molar-refractivity contribution < 1.29 is 8.42 Å². The zero-order valence-corrected chi connectivity index (χ0v) is 12.2. The summed E-state index contributed by atoms with van der Waals surface area (Å²) in [5.41, 5.74) is 5.93. The number of halogens is 1. The van der Waals surface area contributed by atoms with Crippen LogP contribution < -0.4 is 5.73 Å². The van der Waals surface area contributed by atoms with E-state index in [2.05, 4.69) is 6.92 Å². The van der Waals surface area contributed by atoms with E-state index in [1.54, 1.807) is 18.2 Å². The van der Waals surface area contributed by atoms with Crippen LogP contribution in [0.15, 0.2) is 23.1 Å². The van der Waals surface area contributed by atoms with Crippen molar-refractivity contribution in [1.29, 1.82) is 0 Å². The second-order valence-electron chi connectivity index (χ2n) is 4.39. The van der Waals surface area contributed by atoms with E-state index in [9.17, 15) is 8.42 Å². The Hall–Kier alpha value is -0.740. The third kappa shape index (κ3) is 4.18. The number of nitrogen functional groups attached to an aromatic ring is 1. The van der Waals surface area contributed by atoms with Gasteiger partial charge in [-0.05, 0) is 18.6 Å². The Balaban J connectivity index is 2.69. The molecule has 102 valence electrons. The molecule has 1 aromatic carbocycles. The first kappa shape index (κ1) is 15.3. The Labute approximate surface area is 114 Å². The molecular formula is C13H20ClNO2S. The lowest BCUT2D eigenvalue weighted by molar-refractivity contribution is 0.587. The number of hydrogen-bond donors (Lipinski definition) is 1. The van der Waals surface area contributed by atoms with Crippen molar-refractivity contribution in [2.45, 2.75) is 43.9 Å². The highest BCUT2D eigenvalue weighted by molar-refractivity contribution is 7.91. The molecular weight excluding hydrogens is 270 g/mol. The molecule has 3 nitrogen and oxygen atoms in total. The maximum atomic E-state index is 12.1. The fraction of sp³-hybridized carbons (Fsp3) is 0.538. The van der Waals surface area contributed by atoms with Gasteiger partial charge in [0.15, 0.2) is 9.84 Å². The predicted molar refractivity (Wildman–Crippen MR) is 76.7 cm³/mol. The first-order valence-corrected chi connectivity index (χ1v) is 8.29. The summed E-state index contributed by atoms with van der Waals surface area (Å²) in [6, 6.07) is 4.77.